The first-order valence-electron chi connectivity index (χ1n) is 9.13. The molecule has 0 saturated carbocycles. The molecule has 2 saturated heterocycles. The van der Waals surface area contributed by atoms with Gasteiger partial charge in [-0.3, -0.25) is 14.5 Å². The van der Waals surface area contributed by atoms with Crippen LogP contribution in [-0.4, -0.2) is 83.3 Å². The van der Waals surface area contributed by atoms with Crippen molar-refractivity contribution < 1.29 is 14.4 Å². The monoisotopic (exact) mass is 358 g/mol. The van der Waals surface area contributed by atoms with Gasteiger partial charge in [-0.15, -0.1) is 0 Å². The number of piperazine rings is 1. The highest BCUT2D eigenvalue weighted by Crippen LogP contribution is 2.18. The molecule has 140 valence electrons. The normalized spacial score (nSPS) is 20.0. The van der Waals surface area contributed by atoms with Gasteiger partial charge in [0.2, 0.25) is 5.91 Å². The lowest BCUT2D eigenvalue weighted by atomic mass is 10.1. The number of benzene rings is 1. The van der Waals surface area contributed by atoms with Gasteiger partial charge in [0.1, 0.15) is 12.6 Å². The van der Waals surface area contributed by atoms with E-state index in [0.717, 1.165) is 24.5 Å². The van der Waals surface area contributed by atoms with Crippen molar-refractivity contribution in [3.05, 3.63) is 35.9 Å². The van der Waals surface area contributed by atoms with Gasteiger partial charge in [0.15, 0.2) is 0 Å². The molecule has 2 aliphatic rings. The van der Waals surface area contributed by atoms with Gasteiger partial charge in [0.25, 0.3) is 5.91 Å². The molecule has 0 bridgehead atoms. The summed E-state index contributed by atoms with van der Waals surface area (Å²) in [7, 11) is 1.58. The number of carbonyl (C=O) groups is 3. The van der Waals surface area contributed by atoms with Gasteiger partial charge in [-0.1, -0.05) is 37.3 Å². The lowest BCUT2D eigenvalue weighted by molar-refractivity contribution is -0.142. The van der Waals surface area contributed by atoms with Crippen molar-refractivity contribution in [1.82, 2.24) is 19.6 Å². The molecule has 0 radical (unpaired) electrons. The molecule has 3 rings (SSSR count). The van der Waals surface area contributed by atoms with E-state index in [9.17, 15) is 14.4 Å². The highest BCUT2D eigenvalue weighted by molar-refractivity contribution is 6.05. The van der Waals surface area contributed by atoms with E-state index in [-0.39, 0.29) is 24.4 Å². The fourth-order valence-corrected chi connectivity index (χ4v) is 3.59. The minimum atomic E-state index is -0.694. The molecule has 7 heteroatoms. The summed E-state index contributed by atoms with van der Waals surface area (Å²) in [5.74, 6) is -0.413. The van der Waals surface area contributed by atoms with Gasteiger partial charge < -0.3 is 9.80 Å². The summed E-state index contributed by atoms with van der Waals surface area (Å²) in [5, 5.41) is 0. The molecule has 26 heavy (non-hydrogen) atoms. The number of hydrogen-bond donors (Lipinski definition) is 0. The second-order valence-corrected chi connectivity index (χ2v) is 6.91. The van der Waals surface area contributed by atoms with Crippen molar-refractivity contribution in [2.45, 2.75) is 25.9 Å². The van der Waals surface area contributed by atoms with Crippen LogP contribution in [0.1, 0.15) is 18.9 Å². The maximum atomic E-state index is 12.9. The van der Waals surface area contributed by atoms with Crippen LogP contribution in [0.4, 0.5) is 4.79 Å². The Morgan fingerprint density at radius 3 is 2.27 bits per heavy atom. The summed E-state index contributed by atoms with van der Waals surface area (Å²) >= 11 is 0. The van der Waals surface area contributed by atoms with E-state index < -0.39 is 6.04 Å². The van der Waals surface area contributed by atoms with Crippen LogP contribution in [0.3, 0.4) is 0 Å². The van der Waals surface area contributed by atoms with Crippen molar-refractivity contribution >= 4 is 17.8 Å². The Morgan fingerprint density at radius 2 is 1.73 bits per heavy atom. The number of urea groups is 1. The molecule has 2 heterocycles. The third-order valence-electron chi connectivity index (χ3n) is 5.09. The van der Waals surface area contributed by atoms with Gasteiger partial charge >= 0.3 is 6.03 Å². The fraction of sp³-hybridized carbons (Fsp3) is 0.526. The first-order chi connectivity index (χ1) is 12.5. The topological polar surface area (TPSA) is 64.2 Å². The zero-order valence-electron chi connectivity index (χ0n) is 15.4. The van der Waals surface area contributed by atoms with Crippen molar-refractivity contribution in [3.63, 3.8) is 0 Å². The number of imide groups is 1. The largest absolute Gasteiger partial charge is 0.338 e. The first-order valence-corrected chi connectivity index (χ1v) is 9.13. The lowest BCUT2D eigenvalue weighted by Gasteiger charge is -2.37. The summed E-state index contributed by atoms with van der Waals surface area (Å²) in [5.41, 5.74) is 1.26. The first kappa shape index (κ1) is 18.4. The van der Waals surface area contributed by atoms with E-state index in [1.54, 1.807) is 11.9 Å². The van der Waals surface area contributed by atoms with Crippen LogP contribution < -0.4 is 0 Å². The van der Waals surface area contributed by atoms with Crippen LogP contribution in [0.5, 0.6) is 0 Å². The molecule has 7 nitrogen and oxygen atoms in total. The second-order valence-electron chi connectivity index (χ2n) is 6.91. The lowest BCUT2D eigenvalue weighted by Crippen LogP contribution is -2.55. The number of nitrogens with zero attached hydrogens (tertiary/aromatic N) is 4. The van der Waals surface area contributed by atoms with Crippen molar-refractivity contribution in [2.24, 2.45) is 0 Å². The van der Waals surface area contributed by atoms with Crippen molar-refractivity contribution in [1.29, 1.82) is 0 Å². The Morgan fingerprint density at radius 1 is 1.08 bits per heavy atom. The molecule has 1 unspecified atom stereocenters. The van der Waals surface area contributed by atoms with Gasteiger partial charge in [-0.25, -0.2) is 9.69 Å². The van der Waals surface area contributed by atoms with Gasteiger partial charge in [-0.2, -0.15) is 0 Å². The molecule has 0 spiro atoms. The van der Waals surface area contributed by atoms with Crippen LogP contribution >= 0.6 is 0 Å². The maximum absolute atomic E-state index is 12.9. The number of likely N-dealkylation sites (N-methyl/N-ethyl adjacent to an activating group) is 1. The smallest absolute Gasteiger partial charge is 0.327 e. The van der Waals surface area contributed by atoms with Gasteiger partial charge in [-0.05, 0) is 12.0 Å². The standard InChI is InChI=1S/C19H26N4O3/c1-3-16(23-17(24)14-20(2)19(23)26)18(25)22-11-9-21(10-12-22)13-15-7-5-4-6-8-15/h4-8,16H,3,9-14H2,1-2H3. The predicted octanol–water partition coefficient (Wildman–Crippen LogP) is 1.00. The van der Waals surface area contributed by atoms with Crippen molar-refractivity contribution in [3.8, 4) is 0 Å². The number of carbonyl (C=O) groups excluding carboxylic acids is 3. The Labute approximate surface area is 154 Å². The van der Waals surface area contributed by atoms with E-state index in [2.05, 4.69) is 17.0 Å². The van der Waals surface area contributed by atoms with Gasteiger partial charge in [0, 0.05) is 39.8 Å². The number of rotatable bonds is 5. The molecular formula is C19H26N4O3. The predicted molar refractivity (Wildman–Crippen MR) is 97.3 cm³/mol. The molecule has 0 aromatic heterocycles. The molecule has 1 aromatic carbocycles. The number of hydrogen-bond acceptors (Lipinski definition) is 4. The van der Waals surface area contributed by atoms with E-state index in [0.29, 0.717) is 19.5 Å². The Hall–Kier alpha value is -2.41. The minimum Gasteiger partial charge on any atom is -0.338 e. The van der Waals surface area contributed by atoms with Crippen LogP contribution in [0.25, 0.3) is 0 Å². The Bertz CT molecular complexity index is 671. The molecule has 2 aliphatic heterocycles. The van der Waals surface area contributed by atoms with Gasteiger partial charge in [0.05, 0.1) is 0 Å². The highest BCUT2D eigenvalue weighted by atomic mass is 16.2. The Kier molecular flexibility index (Phi) is 5.56. The summed E-state index contributed by atoms with van der Waals surface area (Å²) in [4.78, 5) is 43.9. The third kappa shape index (κ3) is 3.72. The van der Waals surface area contributed by atoms with E-state index >= 15 is 0 Å². The van der Waals surface area contributed by atoms with Crippen molar-refractivity contribution in [2.75, 3.05) is 39.8 Å². The maximum Gasteiger partial charge on any atom is 0.327 e. The zero-order chi connectivity index (χ0) is 18.7. The summed E-state index contributed by atoms with van der Waals surface area (Å²) < 4.78 is 0. The van der Waals surface area contributed by atoms with Crippen LogP contribution in [0, 0.1) is 0 Å². The average Bonchev–Trinajstić information content (AvgIpc) is 2.90. The minimum absolute atomic E-state index is 0.0491. The van der Waals surface area contributed by atoms with E-state index in [1.165, 1.54) is 10.5 Å². The summed E-state index contributed by atoms with van der Waals surface area (Å²) in [6.07, 6.45) is 0.439. The molecule has 1 aromatic rings. The van der Waals surface area contributed by atoms with Crippen LogP contribution in [0.2, 0.25) is 0 Å². The molecule has 1 atom stereocenters. The quantitative estimate of drug-likeness (QED) is 0.737. The summed E-state index contributed by atoms with van der Waals surface area (Å²) in [6.45, 7) is 5.58. The van der Waals surface area contributed by atoms with Crippen LogP contribution in [-0.2, 0) is 16.1 Å². The third-order valence-corrected chi connectivity index (χ3v) is 5.09. The zero-order valence-corrected chi connectivity index (χ0v) is 15.4. The highest BCUT2D eigenvalue weighted by Gasteiger charge is 2.42. The van der Waals surface area contributed by atoms with E-state index in [4.69, 9.17) is 0 Å². The molecule has 4 amide bonds. The average molecular weight is 358 g/mol. The Balaban J connectivity index is 1.58. The molecule has 0 aliphatic carbocycles. The van der Waals surface area contributed by atoms with E-state index in [1.807, 2.05) is 25.1 Å². The molecule has 0 N–H and O–H groups in total. The SMILES string of the molecule is CCC(C(=O)N1CCN(Cc2ccccc2)CC1)N1C(=O)CN(C)C1=O. The number of amides is 4. The fourth-order valence-electron chi connectivity index (χ4n) is 3.59. The van der Waals surface area contributed by atoms with Crippen LogP contribution in [0.15, 0.2) is 30.3 Å². The second kappa shape index (κ2) is 7.86. The summed E-state index contributed by atoms with van der Waals surface area (Å²) in [6, 6.07) is 9.20. The molecular weight excluding hydrogens is 332 g/mol. The molecule has 2 fully saturated rings.